The molecule has 0 unspecified atom stereocenters. The number of pyridine rings is 1. The number of anilines is 1. The van der Waals surface area contributed by atoms with Crippen LogP contribution in [0.15, 0.2) is 67.0 Å². The first-order valence-corrected chi connectivity index (χ1v) is 9.09. The van der Waals surface area contributed by atoms with Gasteiger partial charge in [-0.15, -0.1) is 0 Å². The lowest BCUT2D eigenvalue weighted by Crippen LogP contribution is -2.47. The molecule has 3 heterocycles. The molecule has 26 heavy (non-hydrogen) atoms. The van der Waals surface area contributed by atoms with Gasteiger partial charge in [-0.3, -0.25) is 9.58 Å². The van der Waals surface area contributed by atoms with E-state index in [4.69, 9.17) is 0 Å². The molecule has 1 fully saturated rings. The summed E-state index contributed by atoms with van der Waals surface area (Å²) in [6.07, 6.45) is 3.93. The number of benzene rings is 2. The van der Waals surface area contributed by atoms with Crippen molar-refractivity contribution in [2.75, 3.05) is 31.1 Å². The summed E-state index contributed by atoms with van der Waals surface area (Å²) in [5.41, 5.74) is 1.20. The van der Waals surface area contributed by atoms with E-state index in [0.717, 1.165) is 38.7 Å². The third-order valence-corrected chi connectivity index (χ3v) is 5.20. The lowest BCUT2D eigenvalue weighted by Gasteiger charge is -2.35. The Morgan fingerprint density at radius 3 is 2.35 bits per heavy atom. The molecule has 0 atom stereocenters. The van der Waals surface area contributed by atoms with Crippen LogP contribution in [0, 0.1) is 0 Å². The number of nitrogens with zero attached hydrogens (tertiary/aromatic N) is 5. The molecule has 5 nitrogen and oxygen atoms in total. The molecular weight excluding hydrogens is 322 g/mol. The third kappa shape index (κ3) is 2.80. The molecule has 2 aromatic heterocycles. The first kappa shape index (κ1) is 15.3. The minimum atomic E-state index is 0.840. The second-order valence-electron chi connectivity index (χ2n) is 6.84. The van der Waals surface area contributed by atoms with Gasteiger partial charge in [-0.2, -0.15) is 5.10 Å². The lowest BCUT2D eigenvalue weighted by atomic mass is 10.2. The van der Waals surface area contributed by atoms with E-state index in [9.17, 15) is 0 Å². The van der Waals surface area contributed by atoms with E-state index < -0.39 is 0 Å². The summed E-state index contributed by atoms with van der Waals surface area (Å²) in [5, 5.41) is 8.20. The van der Waals surface area contributed by atoms with Gasteiger partial charge in [0.25, 0.3) is 0 Å². The maximum Gasteiger partial charge on any atom is 0.129 e. The van der Waals surface area contributed by atoms with Crippen LogP contribution in [-0.4, -0.2) is 45.8 Å². The van der Waals surface area contributed by atoms with Gasteiger partial charge in [0.1, 0.15) is 5.82 Å². The van der Waals surface area contributed by atoms with Gasteiger partial charge in [-0.1, -0.05) is 42.5 Å². The number of rotatable bonds is 3. The van der Waals surface area contributed by atoms with Crippen molar-refractivity contribution in [2.24, 2.45) is 0 Å². The average molecular weight is 343 g/mol. The molecule has 0 amide bonds. The number of aromatic nitrogens is 3. The number of hydrogen-bond acceptors (Lipinski definition) is 4. The molecule has 4 aromatic rings. The van der Waals surface area contributed by atoms with Crippen LogP contribution in [-0.2, 0) is 6.67 Å². The van der Waals surface area contributed by atoms with Gasteiger partial charge in [0.2, 0.25) is 0 Å². The van der Waals surface area contributed by atoms with Crippen molar-refractivity contribution in [2.45, 2.75) is 6.67 Å². The van der Waals surface area contributed by atoms with Crippen molar-refractivity contribution in [3.05, 3.63) is 67.0 Å². The summed E-state index contributed by atoms with van der Waals surface area (Å²) in [6, 6.07) is 19.0. The Labute approximate surface area is 152 Å². The van der Waals surface area contributed by atoms with Gasteiger partial charge in [0, 0.05) is 43.1 Å². The summed E-state index contributed by atoms with van der Waals surface area (Å²) in [4.78, 5) is 9.50. The van der Waals surface area contributed by atoms with E-state index >= 15 is 0 Å². The fourth-order valence-electron chi connectivity index (χ4n) is 3.69. The van der Waals surface area contributed by atoms with Gasteiger partial charge in [0.05, 0.1) is 18.4 Å². The highest BCUT2D eigenvalue weighted by Crippen LogP contribution is 2.21. The SMILES string of the molecule is c1ccc2cc(N3CCN(Cn4ncc5ccccc54)CC3)ncc2c1. The molecule has 1 aliphatic heterocycles. The molecule has 0 N–H and O–H groups in total. The Morgan fingerprint density at radius 2 is 1.50 bits per heavy atom. The van der Waals surface area contributed by atoms with E-state index in [2.05, 4.69) is 79.2 Å². The smallest absolute Gasteiger partial charge is 0.129 e. The number of piperazine rings is 1. The zero-order valence-corrected chi connectivity index (χ0v) is 14.6. The Hall–Kier alpha value is -2.92. The van der Waals surface area contributed by atoms with Crippen molar-refractivity contribution in [3.63, 3.8) is 0 Å². The summed E-state index contributed by atoms with van der Waals surface area (Å²) in [7, 11) is 0. The van der Waals surface area contributed by atoms with Crippen molar-refractivity contribution >= 4 is 27.5 Å². The van der Waals surface area contributed by atoms with E-state index in [0.29, 0.717) is 0 Å². The highest BCUT2D eigenvalue weighted by atomic mass is 15.4. The zero-order chi connectivity index (χ0) is 17.3. The molecule has 0 saturated carbocycles. The Bertz CT molecular complexity index is 1050. The molecule has 0 bridgehead atoms. The lowest BCUT2D eigenvalue weighted by molar-refractivity contribution is 0.199. The van der Waals surface area contributed by atoms with E-state index in [1.165, 1.54) is 21.7 Å². The van der Waals surface area contributed by atoms with Gasteiger partial charge >= 0.3 is 0 Å². The Balaban J connectivity index is 1.28. The Kier molecular flexibility index (Phi) is 3.79. The summed E-state index contributed by atoms with van der Waals surface area (Å²) >= 11 is 0. The molecule has 5 rings (SSSR count). The fourth-order valence-corrected chi connectivity index (χ4v) is 3.69. The van der Waals surface area contributed by atoms with Crippen molar-refractivity contribution in [3.8, 4) is 0 Å². The number of para-hydroxylation sites is 1. The highest BCUT2D eigenvalue weighted by molar-refractivity contribution is 5.84. The van der Waals surface area contributed by atoms with Gasteiger partial charge in [-0.05, 0) is 17.5 Å². The summed E-state index contributed by atoms with van der Waals surface area (Å²) in [5.74, 6) is 1.08. The number of fused-ring (bicyclic) bond motifs is 2. The molecule has 1 aliphatic rings. The van der Waals surface area contributed by atoms with Gasteiger partial charge in [0.15, 0.2) is 0 Å². The van der Waals surface area contributed by atoms with Crippen molar-refractivity contribution in [1.82, 2.24) is 19.7 Å². The fraction of sp³-hybridized carbons (Fsp3) is 0.238. The van der Waals surface area contributed by atoms with Crippen LogP contribution in [0.5, 0.6) is 0 Å². The second kappa shape index (κ2) is 6.42. The quantitative estimate of drug-likeness (QED) is 0.572. The maximum absolute atomic E-state index is 4.66. The Morgan fingerprint density at radius 1 is 0.769 bits per heavy atom. The monoisotopic (exact) mass is 343 g/mol. The topological polar surface area (TPSA) is 37.2 Å². The minimum Gasteiger partial charge on any atom is -0.354 e. The van der Waals surface area contributed by atoms with E-state index in [1.807, 2.05) is 12.4 Å². The minimum absolute atomic E-state index is 0.840. The molecule has 0 radical (unpaired) electrons. The molecule has 0 aliphatic carbocycles. The summed E-state index contributed by atoms with van der Waals surface area (Å²) < 4.78 is 2.10. The number of hydrogen-bond donors (Lipinski definition) is 0. The predicted octanol–water partition coefficient (Wildman–Crippen LogP) is 3.36. The van der Waals surface area contributed by atoms with Crippen LogP contribution in [0.1, 0.15) is 0 Å². The molecule has 130 valence electrons. The first-order chi connectivity index (χ1) is 12.9. The van der Waals surface area contributed by atoms with Crippen LogP contribution in [0.2, 0.25) is 0 Å². The van der Waals surface area contributed by atoms with Gasteiger partial charge in [-0.25, -0.2) is 4.98 Å². The molecule has 2 aromatic carbocycles. The standard InChI is InChI=1S/C21H21N5/c1-2-6-18-14-22-21(13-17(18)5-1)25-11-9-24(10-12-25)16-26-20-8-4-3-7-19(20)15-23-26/h1-8,13-15H,9-12,16H2. The average Bonchev–Trinajstić information content (AvgIpc) is 3.11. The molecule has 1 saturated heterocycles. The predicted molar refractivity (Wildman–Crippen MR) is 105 cm³/mol. The first-order valence-electron chi connectivity index (χ1n) is 9.09. The highest BCUT2D eigenvalue weighted by Gasteiger charge is 2.19. The van der Waals surface area contributed by atoms with Crippen LogP contribution in [0.3, 0.4) is 0 Å². The second-order valence-corrected chi connectivity index (χ2v) is 6.84. The van der Waals surface area contributed by atoms with Gasteiger partial charge < -0.3 is 4.90 Å². The third-order valence-electron chi connectivity index (χ3n) is 5.20. The molecular formula is C21H21N5. The van der Waals surface area contributed by atoms with Crippen LogP contribution in [0.4, 0.5) is 5.82 Å². The van der Waals surface area contributed by atoms with Crippen LogP contribution < -0.4 is 4.90 Å². The van der Waals surface area contributed by atoms with E-state index in [1.54, 1.807) is 0 Å². The summed E-state index contributed by atoms with van der Waals surface area (Å²) in [6.45, 7) is 4.85. The maximum atomic E-state index is 4.66. The molecule has 0 spiro atoms. The van der Waals surface area contributed by atoms with Crippen LogP contribution >= 0.6 is 0 Å². The molecule has 5 heteroatoms. The van der Waals surface area contributed by atoms with Crippen LogP contribution in [0.25, 0.3) is 21.7 Å². The van der Waals surface area contributed by atoms with Crippen molar-refractivity contribution < 1.29 is 0 Å². The largest absolute Gasteiger partial charge is 0.354 e. The van der Waals surface area contributed by atoms with E-state index in [-0.39, 0.29) is 0 Å². The normalized spacial score (nSPS) is 15.8. The van der Waals surface area contributed by atoms with Crippen molar-refractivity contribution in [1.29, 1.82) is 0 Å². The zero-order valence-electron chi connectivity index (χ0n) is 14.6.